The third-order valence-corrected chi connectivity index (χ3v) is 4.38. The van der Waals surface area contributed by atoms with E-state index in [9.17, 15) is 14.9 Å². The predicted octanol–water partition coefficient (Wildman–Crippen LogP) is 4.19. The first-order chi connectivity index (χ1) is 11.6. The van der Waals surface area contributed by atoms with Crippen molar-refractivity contribution >= 4 is 22.4 Å². The first-order valence-electron chi connectivity index (χ1n) is 7.60. The Labute approximate surface area is 137 Å². The normalized spacial score (nSPS) is 16.5. The second-order valence-corrected chi connectivity index (χ2v) is 5.78. The van der Waals surface area contributed by atoms with Crippen LogP contribution in [-0.2, 0) is 4.79 Å². The molecule has 0 saturated carbocycles. The fourth-order valence-electron chi connectivity index (χ4n) is 3.27. The molecule has 1 aliphatic heterocycles. The van der Waals surface area contributed by atoms with Crippen LogP contribution in [0, 0.1) is 10.1 Å². The molecule has 0 fully saturated rings. The first kappa shape index (κ1) is 14.4. The molecule has 0 spiro atoms. The van der Waals surface area contributed by atoms with Gasteiger partial charge in [0.2, 0.25) is 0 Å². The molecule has 0 aromatic heterocycles. The molecule has 0 amide bonds. The number of nitro groups is 1. The Hall–Kier alpha value is -3.21. The highest BCUT2D eigenvalue weighted by Crippen LogP contribution is 2.43. The average Bonchev–Trinajstić information content (AvgIpc) is 2.60. The largest absolute Gasteiger partial charge is 0.426 e. The van der Waals surface area contributed by atoms with Gasteiger partial charge in [0.1, 0.15) is 5.75 Å². The van der Waals surface area contributed by atoms with Crippen LogP contribution in [0.3, 0.4) is 0 Å². The molecule has 4 rings (SSSR count). The molecule has 3 aromatic carbocycles. The second-order valence-electron chi connectivity index (χ2n) is 5.78. The fraction of sp³-hybridized carbons (Fsp3) is 0.105. The van der Waals surface area contributed by atoms with Crippen molar-refractivity contribution in [1.29, 1.82) is 0 Å². The number of nitro benzene ring substituents is 1. The topological polar surface area (TPSA) is 69.4 Å². The summed E-state index contributed by atoms with van der Waals surface area (Å²) in [5.41, 5.74) is 1.87. The van der Waals surface area contributed by atoms with Gasteiger partial charge < -0.3 is 4.74 Å². The molecule has 5 heteroatoms. The van der Waals surface area contributed by atoms with E-state index in [0.29, 0.717) is 5.75 Å². The molecular weight excluding hydrogens is 306 g/mol. The number of carbonyl (C=O) groups is 1. The molecule has 1 atom stereocenters. The number of hydrogen-bond acceptors (Lipinski definition) is 4. The Kier molecular flexibility index (Phi) is 3.27. The molecular formula is C19H13NO4. The number of ether oxygens (including phenoxy) is 1. The number of hydrogen-bond donors (Lipinski definition) is 0. The molecule has 1 heterocycles. The molecule has 118 valence electrons. The monoisotopic (exact) mass is 319 g/mol. The predicted molar refractivity (Wildman–Crippen MR) is 89.1 cm³/mol. The minimum atomic E-state index is -0.428. The van der Waals surface area contributed by atoms with E-state index in [0.717, 1.165) is 21.9 Å². The van der Waals surface area contributed by atoms with Crippen LogP contribution in [0.5, 0.6) is 5.75 Å². The van der Waals surface area contributed by atoms with Crippen LogP contribution >= 0.6 is 0 Å². The number of fused-ring (bicyclic) bond motifs is 3. The molecule has 0 radical (unpaired) electrons. The highest BCUT2D eigenvalue weighted by atomic mass is 16.6. The van der Waals surface area contributed by atoms with Crippen LogP contribution in [0.1, 0.15) is 23.5 Å². The Morgan fingerprint density at radius 1 is 1.00 bits per heavy atom. The van der Waals surface area contributed by atoms with Crippen LogP contribution in [0.2, 0.25) is 0 Å². The average molecular weight is 319 g/mol. The van der Waals surface area contributed by atoms with Crippen molar-refractivity contribution in [1.82, 2.24) is 0 Å². The molecule has 0 saturated heterocycles. The Morgan fingerprint density at radius 3 is 2.50 bits per heavy atom. The van der Waals surface area contributed by atoms with Gasteiger partial charge in [0.25, 0.3) is 5.69 Å². The zero-order valence-corrected chi connectivity index (χ0v) is 12.6. The number of esters is 1. The third kappa shape index (κ3) is 2.31. The number of non-ortho nitro benzene ring substituents is 1. The van der Waals surface area contributed by atoms with Crippen LogP contribution in [0.25, 0.3) is 10.8 Å². The van der Waals surface area contributed by atoms with Gasteiger partial charge in [-0.25, -0.2) is 0 Å². The number of rotatable bonds is 2. The van der Waals surface area contributed by atoms with Crippen LogP contribution in [0.15, 0.2) is 60.7 Å². The lowest BCUT2D eigenvalue weighted by Gasteiger charge is -2.26. The smallest absolute Gasteiger partial charge is 0.312 e. The molecule has 5 nitrogen and oxygen atoms in total. The highest BCUT2D eigenvalue weighted by molar-refractivity contribution is 5.92. The summed E-state index contributed by atoms with van der Waals surface area (Å²) >= 11 is 0. The summed E-state index contributed by atoms with van der Waals surface area (Å²) in [4.78, 5) is 22.4. The standard InChI is InChI=1S/C19H13NO4/c21-18-11-16(13-5-8-14(9-6-13)20(22)23)19-15-4-2-1-3-12(15)7-10-17(19)24-18/h1-10,16H,11H2. The Morgan fingerprint density at radius 2 is 1.75 bits per heavy atom. The lowest BCUT2D eigenvalue weighted by Crippen LogP contribution is -2.21. The van der Waals surface area contributed by atoms with Crippen molar-refractivity contribution in [3.8, 4) is 5.75 Å². The summed E-state index contributed by atoms with van der Waals surface area (Å²) in [6.45, 7) is 0. The summed E-state index contributed by atoms with van der Waals surface area (Å²) in [6.07, 6.45) is 0.221. The molecule has 1 aliphatic rings. The summed E-state index contributed by atoms with van der Waals surface area (Å²) in [7, 11) is 0. The van der Waals surface area contributed by atoms with Crippen molar-refractivity contribution in [2.24, 2.45) is 0 Å². The summed E-state index contributed by atoms with van der Waals surface area (Å²) < 4.78 is 5.41. The fourth-order valence-corrected chi connectivity index (χ4v) is 3.27. The lowest BCUT2D eigenvalue weighted by molar-refractivity contribution is -0.384. The van der Waals surface area contributed by atoms with Gasteiger partial charge in [-0.2, -0.15) is 0 Å². The van der Waals surface area contributed by atoms with Gasteiger partial charge in [0.15, 0.2) is 0 Å². The van der Waals surface area contributed by atoms with Crippen molar-refractivity contribution in [3.05, 3.63) is 81.9 Å². The summed E-state index contributed by atoms with van der Waals surface area (Å²) in [5.74, 6) is 0.0996. The maximum absolute atomic E-state index is 12.0. The van der Waals surface area contributed by atoms with E-state index >= 15 is 0 Å². The third-order valence-electron chi connectivity index (χ3n) is 4.38. The maximum atomic E-state index is 12.0. The molecule has 3 aromatic rings. The Balaban J connectivity index is 1.90. The van der Waals surface area contributed by atoms with E-state index < -0.39 is 4.92 Å². The van der Waals surface area contributed by atoms with Gasteiger partial charge in [0.05, 0.1) is 11.3 Å². The summed E-state index contributed by atoms with van der Waals surface area (Å²) in [5, 5.41) is 12.9. The van der Waals surface area contributed by atoms with E-state index in [4.69, 9.17) is 4.74 Å². The number of nitrogens with zero attached hydrogens (tertiary/aromatic N) is 1. The molecule has 0 N–H and O–H groups in total. The van der Waals surface area contributed by atoms with Gasteiger partial charge >= 0.3 is 5.97 Å². The highest BCUT2D eigenvalue weighted by Gasteiger charge is 2.30. The lowest BCUT2D eigenvalue weighted by atomic mass is 9.83. The van der Waals surface area contributed by atoms with Gasteiger partial charge in [-0.05, 0) is 22.4 Å². The van der Waals surface area contributed by atoms with E-state index in [2.05, 4.69) is 0 Å². The zero-order chi connectivity index (χ0) is 16.7. The van der Waals surface area contributed by atoms with Crippen LogP contribution < -0.4 is 4.74 Å². The van der Waals surface area contributed by atoms with E-state index in [-0.39, 0.29) is 24.0 Å². The Bertz CT molecular complexity index is 963. The quantitative estimate of drug-likeness (QED) is 0.307. The SMILES string of the molecule is O=C1CC(c2ccc([N+](=O)[O-])cc2)c2c(ccc3ccccc23)O1. The minimum absolute atomic E-state index is 0.0373. The van der Waals surface area contributed by atoms with Crippen molar-refractivity contribution in [3.63, 3.8) is 0 Å². The van der Waals surface area contributed by atoms with Gasteiger partial charge in [-0.3, -0.25) is 14.9 Å². The second kappa shape index (κ2) is 5.45. The summed E-state index contributed by atoms with van der Waals surface area (Å²) in [6, 6.07) is 18.0. The van der Waals surface area contributed by atoms with E-state index in [1.165, 1.54) is 12.1 Å². The zero-order valence-electron chi connectivity index (χ0n) is 12.6. The molecule has 24 heavy (non-hydrogen) atoms. The van der Waals surface area contributed by atoms with E-state index in [1.807, 2.05) is 36.4 Å². The first-order valence-corrected chi connectivity index (χ1v) is 7.60. The van der Waals surface area contributed by atoms with Crippen molar-refractivity contribution < 1.29 is 14.5 Å². The van der Waals surface area contributed by atoms with Gasteiger partial charge in [-0.15, -0.1) is 0 Å². The maximum Gasteiger partial charge on any atom is 0.312 e. The van der Waals surface area contributed by atoms with Crippen LogP contribution in [0.4, 0.5) is 5.69 Å². The van der Waals surface area contributed by atoms with Crippen molar-refractivity contribution in [2.75, 3.05) is 0 Å². The number of carbonyl (C=O) groups excluding carboxylic acids is 1. The van der Waals surface area contributed by atoms with Gasteiger partial charge in [0, 0.05) is 23.6 Å². The number of benzene rings is 3. The molecule has 1 unspecified atom stereocenters. The van der Waals surface area contributed by atoms with Crippen LogP contribution in [-0.4, -0.2) is 10.9 Å². The van der Waals surface area contributed by atoms with E-state index in [1.54, 1.807) is 12.1 Å². The van der Waals surface area contributed by atoms with Gasteiger partial charge in [-0.1, -0.05) is 42.5 Å². The molecule has 0 aliphatic carbocycles. The minimum Gasteiger partial charge on any atom is -0.426 e. The molecule has 0 bridgehead atoms. The van der Waals surface area contributed by atoms with Crippen molar-refractivity contribution in [2.45, 2.75) is 12.3 Å².